The Kier molecular flexibility index (Phi) is 6.21. The zero-order valence-corrected chi connectivity index (χ0v) is 19.8. The second-order valence-electron chi connectivity index (χ2n) is 10.3. The fourth-order valence-corrected chi connectivity index (χ4v) is 7.39. The first-order chi connectivity index (χ1) is 15.9. The Balaban J connectivity index is 1.18. The van der Waals surface area contributed by atoms with Crippen LogP contribution >= 0.6 is 11.8 Å². The van der Waals surface area contributed by atoms with Crippen molar-refractivity contribution in [2.75, 3.05) is 5.75 Å². The molecule has 174 valence electrons. The molecule has 4 saturated carbocycles. The fourth-order valence-electron chi connectivity index (χ4n) is 6.54. The molecule has 4 nitrogen and oxygen atoms in total. The molecule has 4 bridgehead atoms. The molecule has 0 atom stereocenters. The highest BCUT2D eigenvalue weighted by Gasteiger charge is 2.51. The van der Waals surface area contributed by atoms with Crippen LogP contribution in [0.25, 0.3) is 0 Å². The summed E-state index contributed by atoms with van der Waals surface area (Å²) in [6, 6.07) is 12.3. The number of hydrogen-bond acceptors (Lipinski definition) is 3. The normalized spacial score (nSPS) is 27.4. The highest BCUT2D eigenvalue weighted by molar-refractivity contribution is 8.00. The SMILES string of the molecule is Cc1ccc(CNC(=O)c2ccccc2SCC(=O)NC23CC4CC(CC(C4)C2)C3)cc1F. The van der Waals surface area contributed by atoms with Gasteiger partial charge >= 0.3 is 0 Å². The van der Waals surface area contributed by atoms with Crippen molar-refractivity contribution in [1.29, 1.82) is 0 Å². The lowest BCUT2D eigenvalue weighted by atomic mass is 9.53. The van der Waals surface area contributed by atoms with E-state index >= 15 is 0 Å². The minimum atomic E-state index is -0.275. The predicted octanol–water partition coefficient (Wildman–Crippen LogP) is 5.24. The van der Waals surface area contributed by atoms with E-state index < -0.39 is 0 Å². The van der Waals surface area contributed by atoms with Gasteiger partial charge in [0.2, 0.25) is 5.91 Å². The van der Waals surface area contributed by atoms with Gasteiger partial charge < -0.3 is 10.6 Å². The molecule has 4 aliphatic carbocycles. The minimum Gasteiger partial charge on any atom is -0.350 e. The van der Waals surface area contributed by atoms with E-state index in [0.29, 0.717) is 22.4 Å². The molecule has 0 aromatic heterocycles. The van der Waals surface area contributed by atoms with E-state index in [9.17, 15) is 14.0 Å². The average Bonchev–Trinajstić information content (AvgIpc) is 2.77. The molecule has 2 aromatic carbocycles. The largest absolute Gasteiger partial charge is 0.350 e. The summed E-state index contributed by atoms with van der Waals surface area (Å²) < 4.78 is 13.8. The van der Waals surface area contributed by atoms with Gasteiger partial charge in [-0.3, -0.25) is 9.59 Å². The molecule has 6 rings (SSSR count). The number of nitrogens with one attached hydrogen (secondary N) is 2. The molecule has 0 unspecified atom stereocenters. The molecule has 4 aliphatic rings. The van der Waals surface area contributed by atoms with Gasteiger partial charge in [-0.05, 0) is 92.5 Å². The number of benzene rings is 2. The maximum atomic E-state index is 13.8. The van der Waals surface area contributed by atoms with Crippen LogP contribution < -0.4 is 10.6 Å². The Morgan fingerprint density at radius 3 is 2.36 bits per heavy atom. The lowest BCUT2D eigenvalue weighted by Gasteiger charge is -2.56. The van der Waals surface area contributed by atoms with Crippen molar-refractivity contribution in [3.8, 4) is 0 Å². The molecule has 0 aliphatic heterocycles. The van der Waals surface area contributed by atoms with Crippen molar-refractivity contribution < 1.29 is 14.0 Å². The molecule has 4 fully saturated rings. The highest BCUT2D eigenvalue weighted by atomic mass is 32.2. The van der Waals surface area contributed by atoms with Gasteiger partial charge in [0.1, 0.15) is 5.82 Å². The number of aryl methyl sites for hydroxylation is 1. The second kappa shape index (κ2) is 9.13. The second-order valence-corrected chi connectivity index (χ2v) is 11.3. The first-order valence-corrected chi connectivity index (χ1v) is 12.9. The van der Waals surface area contributed by atoms with Gasteiger partial charge in [-0.15, -0.1) is 11.8 Å². The zero-order valence-electron chi connectivity index (χ0n) is 19.0. The van der Waals surface area contributed by atoms with E-state index in [4.69, 9.17) is 0 Å². The van der Waals surface area contributed by atoms with Crippen molar-refractivity contribution in [1.82, 2.24) is 10.6 Å². The number of thioether (sulfide) groups is 1. The molecule has 0 spiro atoms. The molecule has 0 radical (unpaired) electrons. The van der Waals surface area contributed by atoms with Crippen molar-refractivity contribution in [2.45, 2.75) is 62.4 Å². The molecular formula is C27H31FN2O2S. The highest BCUT2D eigenvalue weighted by Crippen LogP contribution is 2.55. The van der Waals surface area contributed by atoms with Crippen molar-refractivity contribution in [3.05, 3.63) is 65.0 Å². The van der Waals surface area contributed by atoms with Crippen LogP contribution in [0.1, 0.15) is 60.0 Å². The minimum absolute atomic E-state index is 0.00655. The summed E-state index contributed by atoms with van der Waals surface area (Å²) in [5.41, 5.74) is 1.84. The van der Waals surface area contributed by atoms with Gasteiger partial charge in [-0.2, -0.15) is 0 Å². The molecular weight excluding hydrogens is 435 g/mol. The summed E-state index contributed by atoms with van der Waals surface area (Å²) in [6.07, 6.45) is 7.45. The number of amides is 2. The first-order valence-electron chi connectivity index (χ1n) is 12.0. The number of carbonyl (C=O) groups is 2. The molecule has 2 N–H and O–H groups in total. The van der Waals surface area contributed by atoms with Crippen LogP contribution in [0, 0.1) is 30.5 Å². The van der Waals surface area contributed by atoms with E-state index in [1.807, 2.05) is 24.3 Å². The van der Waals surface area contributed by atoms with Crippen LogP contribution in [0.3, 0.4) is 0 Å². The topological polar surface area (TPSA) is 58.2 Å². The van der Waals surface area contributed by atoms with E-state index in [1.165, 1.54) is 37.1 Å². The van der Waals surface area contributed by atoms with Gasteiger partial charge in [0.05, 0.1) is 11.3 Å². The quantitative estimate of drug-likeness (QED) is 0.549. The Bertz CT molecular complexity index is 1030. The standard InChI is InChI=1S/C27H31FN2O2S/c1-17-6-7-18(11-23(17)28)15-29-26(32)22-4-2-3-5-24(22)33-16-25(31)30-27-12-19-8-20(13-27)10-21(9-19)14-27/h2-7,11,19-21H,8-10,12-16H2,1H3,(H,29,32)(H,30,31). The molecule has 0 saturated heterocycles. The lowest BCUT2D eigenvalue weighted by molar-refractivity contribution is -0.124. The van der Waals surface area contributed by atoms with Crippen LogP contribution in [0.4, 0.5) is 4.39 Å². The summed E-state index contributed by atoms with van der Waals surface area (Å²) in [5.74, 6) is 2.23. The van der Waals surface area contributed by atoms with E-state index in [1.54, 1.807) is 19.1 Å². The van der Waals surface area contributed by atoms with Crippen molar-refractivity contribution >= 4 is 23.6 Å². The Morgan fingerprint density at radius 1 is 1.03 bits per heavy atom. The number of carbonyl (C=O) groups excluding carboxylic acids is 2. The fraction of sp³-hybridized carbons (Fsp3) is 0.481. The van der Waals surface area contributed by atoms with Gasteiger partial charge in [-0.1, -0.05) is 24.3 Å². The molecule has 33 heavy (non-hydrogen) atoms. The third-order valence-electron chi connectivity index (χ3n) is 7.62. The number of rotatable bonds is 7. The van der Waals surface area contributed by atoms with Crippen LogP contribution in [-0.4, -0.2) is 23.1 Å². The Labute approximate surface area is 199 Å². The van der Waals surface area contributed by atoms with E-state index in [0.717, 1.165) is 41.9 Å². The molecule has 0 heterocycles. The summed E-state index contributed by atoms with van der Waals surface area (Å²) in [6.45, 7) is 1.96. The van der Waals surface area contributed by atoms with E-state index in [2.05, 4.69) is 10.6 Å². The maximum Gasteiger partial charge on any atom is 0.252 e. The smallest absolute Gasteiger partial charge is 0.252 e. The summed E-state index contributed by atoms with van der Waals surface area (Å²) in [7, 11) is 0. The lowest BCUT2D eigenvalue weighted by Crippen LogP contribution is -2.60. The van der Waals surface area contributed by atoms with Crippen molar-refractivity contribution in [3.63, 3.8) is 0 Å². The van der Waals surface area contributed by atoms with Crippen molar-refractivity contribution in [2.24, 2.45) is 17.8 Å². The predicted molar refractivity (Wildman–Crippen MR) is 129 cm³/mol. The van der Waals surface area contributed by atoms with Gasteiger partial charge in [0.15, 0.2) is 0 Å². The van der Waals surface area contributed by atoms with Crippen LogP contribution in [0.15, 0.2) is 47.4 Å². The average molecular weight is 467 g/mol. The third-order valence-corrected chi connectivity index (χ3v) is 8.70. The maximum absolute atomic E-state index is 13.8. The number of hydrogen-bond donors (Lipinski definition) is 2. The third kappa shape index (κ3) is 4.96. The summed E-state index contributed by atoms with van der Waals surface area (Å²) in [4.78, 5) is 26.5. The van der Waals surface area contributed by atoms with Crippen LogP contribution in [0.2, 0.25) is 0 Å². The first kappa shape index (κ1) is 22.5. The zero-order chi connectivity index (χ0) is 23.0. The molecule has 6 heteroatoms. The van der Waals surface area contributed by atoms with Crippen LogP contribution in [-0.2, 0) is 11.3 Å². The molecule has 2 amide bonds. The summed E-state index contributed by atoms with van der Waals surface area (Å²) in [5, 5.41) is 6.28. The summed E-state index contributed by atoms with van der Waals surface area (Å²) >= 11 is 1.41. The van der Waals surface area contributed by atoms with E-state index in [-0.39, 0.29) is 29.7 Å². The van der Waals surface area contributed by atoms with Gasteiger partial charge in [-0.25, -0.2) is 4.39 Å². The van der Waals surface area contributed by atoms with Gasteiger partial charge in [0, 0.05) is 17.0 Å². The molecule has 2 aromatic rings. The van der Waals surface area contributed by atoms with Crippen LogP contribution in [0.5, 0.6) is 0 Å². The number of halogens is 1. The van der Waals surface area contributed by atoms with Gasteiger partial charge in [0.25, 0.3) is 5.91 Å². The monoisotopic (exact) mass is 466 g/mol. The Hall–Kier alpha value is -2.34. The Morgan fingerprint density at radius 2 is 1.70 bits per heavy atom.